The van der Waals surface area contributed by atoms with Crippen LogP contribution >= 0.6 is 34.8 Å². The summed E-state index contributed by atoms with van der Waals surface area (Å²) in [6.07, 6.45) is 3.24. The Balaban J connectivity index is 1.63. The molecule has 0 amide bonds. The van der Waals surface area contributed by atoms with Gasteiger partial charge in [0.25, 0.3) is 0 Å². The monoisotopic (exact) mass is 563 g/mol. The molecule has 15 heteroatoms. The van der Waals surface area contributed by atoms with Gasteiger partial charge in [0.05, 0.1) is 39.4 Å². The van der Waals surface area contributed by atoms with Gasteiger partial charge in [0, 0.05) is 25.7 Å². The lowest BCUT2D eigenvalue weighted by Gasteiger charge is -2.16. The lowest BCUT2D eigenvalue weighted by atomic mass is 10.2. The minimum atomic E-state index is -0.829. The summed E-state index contributed by atoms with van der Waals surface area (Å²) >= 11 is 18.4. The van der Waals surface area contributed by atoms with Gasteiger partial charge < -0.3 is 5.32 Å². The molecule has 0 saturated carbocycles. The van der Waals surface area contributed by atoms with Crippen molar-refractivity contribution in [2.75, 3.05) is 5.32 Å². The van der Waals surface area contributed by atoms with Gasteiger partial charge in [-0.15, -0.1) is 0 Å². The van der Waals surface area contributed by atoms with E-state index in [1.807, 2.05) is 0 Å². The first-order chi connectivity index (χ1) is 17.6. The number of fused-ring (bicyclic) bond motifs is 1. The fourth-order valence-corrected chi connectivity index (χ4v) is 4.51. The first-order valence-electron chi connectivity index (χ1n) is 10.7. The molecule has 3 heterocycles. The molecule has 0 bridgehead atoms. The van der Waals surface area contributed by atoms with E-state index in [1.54, 1.807) is 37.1 Å². The Morgan fingerprint density at radius 2 is 1.65 bits per heavy atom. The van der Waals surface area contributed by atoms with E-state index < -0.39 is 17.2 Å². The van der Waals surface area contributed by atoms with E-state index in [0.29, 0.717) is 21.8 Å². The van der Waals surface area contributed by atoms with E-state index in [9.17, 15) is 14.0 Å². The number of hydrogen-bond donors (Lipinski definition) is 1. The molecule has 0 unspecified atom stereocenters. The second kappa shape index (κ2) is 9.61. The molecule has 5 rings (SSSR count). The van der Waals surface area contributed by atoms with Gasteiger partial charge in [-0.05, 0) is 29.8 Å². The zero-order valence-electron chi connectivity index (χ0n) is 19.3. The molecule has 2 aromatic carbocycles. The van der Waals surface area contributed by atoms with Crippen LogP contribution in [0.25, 0.3) is 10.9 Å². The standard InChI is InChI=1S/C22H17Cl3FN9O2/c1-32-8-12-5-17(13(23)6-16(12)30-32)28-20-29-21(36)35(9-18-27-10-33(2)31-18)22(37)34(20)7-11-3-14(24)19(26)15(25)4-11/h3-6,8,10H,7,9H2,1-2H3,(H,28,29,36). The first-order valence-corrected chi connectivity index (χ1v) is 11.8. The smallest absolute Gasteiger partial charge is 0.324 e. The van der Waals surface area contributed by atoms with Crippen molar-refractivity contribution in [3.8, 4) is 0 Å². The SMILES string of the molecule is Cn1cnc(Cn2c(=O)nc(Nc3cc4cn(C)nc4cc3Cl)n(Cc3cc(Cl)c(F)c(Cl)c3)c2=O)n1. The van der Waals surface area contributed by atoms with Crippen molar-refractivity contribution in [1.29, 1.82) is 0 Å². The molecule has 0 spiro atoms. The Morgan fingerprint density at radius 1 is 0.919 bits per heavy atom. The van der Waals surface area contributed by atoms with Crippen LogP contribution in [-0.2, 0) is 27.2 Å². The molecule has 11 nitrogen and oxygen atoms in total. The molecule has 0 radical (unpaired) electrons. The van der Waals surface area contributed by atoms with E-state index in [1.165, 1.54) is 27.7 Å². The van der Waals surface area contributed by atoms with Crippen molar-refractivity contribution in [2.24, 2.45) is 14.1 Å². The molecule has 0 aliphatic rings. The molecular weight excluding hydrogens is 548 g/mol. The quantitative estimate of drug-likeness (QED) is 0.314. The molecule has 0 saturated heterocycles. The maximum absolute atomic E-state index is 14.0. The normalized spacial score (nSPS) is 11.4. The number of nitrogens with one attached hydrogen (secondary N) is 1. The average molecular weight is 565 g/mol. The summed E-state index contributed by atoms with van der Waals surface area (Å²) in [4.78, 5) is 34.6. The highest BCUT2D eigenvalue weighted by Gasteiger charge is 2.18. The summed E-state index contributed by atoms with van der Waals surface area (Å²) in [5.41, 5.74) is -0.0906. The Kier molecular flexibility index (Phi) is 6.48. The molecule has 0 fully saturated rings. The maximum Gasteiger partial charge on any atom is 0.355 e. The third-order valence-electron chi connectivity index (χ3n) is 5.43. The predicted molar refractivity (Wildman–Crippen MR) is 137 cm³/mol. The van der Waals surface area contributed by atoms with Crippen LogP contribution < -0.4 is 16.7 Å². The average Bonchev–Trinajstić information content (AvgIpc) is 3.41. The highest BCUT2D eigenvalue weighted by Crippen LogP contribution is 2.30. The van der Waals surface area contributed by atoms with E-state index in [0.717, 1.165) is 9.95 Å². The van der Waals surface area contributed by atoms with E-state index >= 15 is 0 Å². The number of rotatable bonds is 6. The molecule has 190 valence electrons. The van der Waals surface area contributed by atoms with Crippen LogP contribution in [-0.4, -0.2) is 38.7 Å². The molecule has 37 heavy (non-hydrogen) atoms. The Labute approximate surface area is 222 Å². The maximum atomic E-state index is 14.0. The molecule has 5 aromatic rings. The van der Waals surface area contributed by atoms with Gasteiger partial charge in [0.2, 0.25) is 5.95 Å². The van der Waals surface area contributed by atoms with Crippen LogP contribution in [0.5, 0.6) is 0 Å². The Morgan fingerprint density at radius 3 is 2.32 bits per heavy atom. The predicted octanol–water partition coefficient (Wildman–Crippen LogP) is 3.36. The number of anilines is 2. The highest BCUT2D eigenvalue weighted by atomic mass is 35.5. The molecule has 1 N–H and O–H groups in total. The van der Waals surface area contributed by atoms with E-state index in [4.69, 9.17) is 34.8 Å². The summed E-state index contributed by atoms with van der Waals surface area (Å²) in [6, 6.07) is 6.04. The third kappa shape index (κ3) is 4.95. The van der Waals surface area contributed by atoms with Gasteiger partial charge in [0.1, 0.15) is 6.33 Å². The van der Waals surface area contributed by atoms with Crippen LogP contribution in [0, 0.1) is 5.82 Å². The van der Waals surface area contributed by atoms with Gasteiger partial charge in [-0.2, -0.15) is 15.2 Å². The minimum Gasteiger partial charge on any atom is -0.324 e. The molecular formula is C22H17Cl3FN9O2. The number of hydrogen-bond acceptors (Lipinski definition) is 7. The van der Waals surface area contributed by atoms with Crippen molar-refractivity contribution in [1.82, 2.24) is 38.7 Å². The number of aryl methyl sites for hydroxylation is 2. The van der Waals surface area contributed by atoms with Gasteiger partial charge in [-0.3, -0.25) is 13.9 Å². The summed E-state index contributed by atoms with van der Waals surface area (Å²) in [5, 5.41) is 12.0. The largest absolute Gasteiger partial charge is 0.355 e. The summed E-state index contributed by atoms with van der Waals surface area (Å²) in [5.74, 6) is -0.630. The lowest BCUT2D eigenvalue weighted by molar-refractivity contribution is 0.572. The molecule has 0 aliphatic carbocycles. The summed E-state index contributed by atoms with van der Waals surface area (Å²) < 4.78 is 19.1. The fourth-order valence-electron chi connectivity index (χ4n) is 3.77. The second-order valence-electron chi connectivity index (χ2n) is 8.20. The van der Waals surface area contributed by atoms with E-state index in [2.05, 4.69) is 25.5 Å². The molecule has 0 aliphatic heterocycles. The zero-order chi connectivity index (χ0) is 26.4. The highest BCUT2D eigenvalue weighted by molar-refractivity contribution is 6.35. The van der Waals surface area contributed by atoms with Gasteiger partial charge in [0.15, 0.2) is 11.6 Å². The number of aromatic nitrogens is 8. The Hall–Kier alpha value is -3.74. The topological polar surface area (TPSA) is 117 Å². The summed E-state index contributed by atoms with van der Waals surface area (Å²) in [7, 11) is 3.43. The molecule has 3 aromatic heterocycles. The van der Waals surface area contributed by atoms with Crippen LogP contribution in [0.15, 0.2) is 46.4 Å². The van der Waals surface area contributed by atoms with Crippen LogP contribution in [0.1, 0.15) is 11.4 Å². The first kappa shape index (κ1) is 24.9. The number of nitrogens with zero attached hydrogens (tertiary/aromatic N) is 8. The zero-order valence-corrected chi connectivity index (χ0v) is 21.6. The van der Waals surface area contributed by atoms with Crippen LogP contribution in [0.3, 0.4) is 0 Å². The minimum absolute atomic E-state index is 0.0954. The number of benzene rings is 2. The van der Waals surface area contributed by atoms with Gasteiger partial charge in [-0.25, -0.2) is 23.5 Å². The van der Waals surface area contributed by atoms with Crippen LogP contribution in [0.4, 0.5) is 16.0 Å². The third-order valence-corrected chi connectivity index (χ3v) is 6.30. The second-order valence-corrected chi connectivity index (χ2v) is 9.42. The summed E-state index contributed by atoms with van der Waals surface area (Å²) in [6.45, 7) is -0.352. The van der Waals surface area contributed by atoms with Crippen molar-refractivity contribution in [2.45, 2.75) is 13.1 Å². The van der Waals surface area contributed by atoms with Crippen molar-refractivity contribution in [3.63, 3.8) is 0 Å². The van der Waals surface area contributed by atoms with E-state index in [-0.39, 0.29) is 34.9 Å². The number of halogens is 4. The van der Waals surface area contributed by atoms with Crippen molar-refractivity contribution in [3.05, 3.63) is 90.0 Å². The molecule has 0 atom stereocenters. The fraction of sp³-hybridized carbons (Fsp3) is 0.182. The van der Waals surface area contributed by atoms with Crippen molar-refractivity contribution >= 4 is 57.3 Å². The van der Waals surface area contributed by atoms with Crippen molar-refractivity contribution < 1.29 is 4.39 Å². The van der Waals surface area contributed by atoms with Gasteiger partial charge in [-0.1, -0.05) is 34.8 Å². The lowest BCUT2D eigenvalue weighted by Crippen LogP contribution is -2.43. The Bertz CT molecular complexity index is 1770. The van der Waals surface area contributed by atoms with Gasteiger partial charge >= 0.3 is 11.4 Å². The van der Waals surface area contributed by atoms with Crippen LogP contribution in [0.2, 0.25) is 15.1 Å².